The Bertz CT molecular complexity index is 1790. The van der Waals surface area contributed by atoms with Crippen molar-refractivity contribution in [3.8, 4) is 5.75 Å². The van der Waals surface area contributed by atoms with Crippen LogP contribution in [-0.4, -0.2) is 87.8 Å². The van der Waals surface area contributed by atoms with Crippen LogP contribution in [0.3, 0.4) is 0 Å². The second-order valence-electron chi connectivity index (χ2n) is 11.9. The summed E-state index contributed by atoms with van der Waals surface area (Å²) >= 11 is 0. The van der Waals surface area contributed by atoms with E-state index in [9.17, 15) is 20.1 Å². The van der Waals surface area contributed by atoms with Gasteiger partial charge in [0.05, 0.1) is 13.7 Å². The molecule has 3 aliphatic rings. The van der Waals surface area contributed by atoms with Crippen LogP contribution in [0.15, 0.2) is 65.9 Å². The first kappa shape index (κ1) is 31.0. The second-order valence-corrected chi connectivity index (χ2v) is 11.9. The fourth-order valence-electron chi connectivity index (χ4n) is 6.74. The van der Waals surface area contributed by atoms with Crippen molar-refractivity contribution >= 4 is 41.3 Å². The summed E-state index contributed by atoms with van der Waals surface area (Å²) in [6, 6.07) is 13.9. The Morgan fingerprint density at radius 1 is 1.13 bits per heavy atom. The molecular weight excluding hydrogens is 576 g/mol. The smallest absolute Gasteiger partial charge is 0.496 e. The summed E-state index contributed by atoms with van der Waals surface area (Å²) in [4.78, 5) is 13.0. The zero-order chi connectivity index (χ0) is 32.0. The van der Waals surface area contributed by atoms with E-state index in [0.717, 1.165) is 55.9 Å². The Balaban J connectivity index is 1.30. The molecule has 2 aromatic carbocycles. The van der Waals surface area contributed by atoms with Crippen LogP contribution in [-0.2, 0) is 9.53 Å². The number of allylic oxidation sites excluding steroid dienone is 4. The maximum absolute atomic E-state index is 16.5. The number of halogens is 1. The number of aliphatic hydroxyl groups is 3. The van der Waals surface area contributed by atoms with Gasteiger partial charge in [-0.3, -0.25) is 9.27 Å². The Morgan fingerprint density at radius 2 is 1.89 bits per heavy atom. The highest BCUT2D eigenvalue weighted by atomic mass is 19.1. The van der Waals surface area contributed by atoms with Crippen LogP contribution < -0.4 is 10.1 Å². The molecule has 0 radical (unpaired) electrons. The summed E-state index contributed by atoms with van der Waals surface area (Å²) in [7, 11) is 0.187. The molecule has 9 nitrogen and oxygen atoms in total. The first-order valence-corrected chi connectivity index (χ1v) is 15.2. The van der Waals surface area contributed by atoms with E-state index in [-0.39, 0.29) is 25.5 Å². The van der Waals surface area contributed by atoms with Gasteiger partial charge in [0, 0.05) is 53.0 Å². The predicted molar refractivity (Wildman–Crippen MR) is 172 cm³/mol. The lowest BCUT2D eigenvalue weighted by molar-refractivity contribution is -0.335. The summed E-state index contributed by atoms with van der Waals surface area (Å²) < 4.78 is 30.8. The van der Waals surface area contributed by atoms with Crippen LogP contribution in [0.4, 0.5) is 4.32 Å². The van der Waals surface area contributed by atoms with Gasteiger partial charge in [-0.1, -0.05) is 30.3 Å². The summed E-state index contributed by atoms with van der Waals surface area (Å²) in [5, 5.41) is 34.7. The van der Waals surface area contributed by atoms with Gasteiger partial charge in [-0.25, -0.2) is 8.80 Å². The molecule has 0 bridgehead atoms. The molecule has 4 N–H and O–H groups in total. The highest BCUT2D eigenvalue weighted by molar-refractivity contribution is 6.44. The number of nitrogens with one attached hydrogen (secondary N) is 1. The topological polar surface area (TPSA) is 116 Å². The number of carbonyl (C=O) groups is 1. The number of methoxy groups -OCH3 is 1. The Hall–Kier alpha value is -4.03. The molecular formula is C34H38BFN3O6+. The van der Waals surface area contributed by atoms with Crippen LogP contribution in [0.5, 0.6) is 5.75 Å². The highest BCUT2D eigenvalue weighted by Crippen LogP contribution is 2.40. The van der Waals surface area contributed by atoms with Gasteiger partial charge >= 0.3 is 7.26 Å². The molecule has 45 heavy (non-hydrogen) atoms. The molecule has 1 fully saturated rings. The number of benzene rings is 2. The minimum atomic E-state index is -1.46. The molecule has 3 aliphatic heterocycles. The molecule has 4 atom stereocenters. The highest BCUT2D eigenvalue weighted by Gasteiger charge is 2.51. The van der Waals surface area contributed by atoms with Crippen LogP contribution in [0.2, 0.25) is 0 Å². The Morgan fingerprint density at radius 3 is 2.64 bits per heavy atom. The summed E-state index contributed by atoms with van der Waals surface area (Å²) in [6.07, 6.45) is 1.71. The van der Waals surface area contributed by atoms with Crippen LogP contribution in [0.25, 0.3) is 22.4 Å². The largest absolute Gasteiger partial charge is 0.846 e. The number of hydrogen-bond acceptors (Lipinski definition) is 6. The van der Waals surface area contributed by atoms with Gasteiger partial charge < -0.3 is 30.1 Å². The van der Waals surface area contributed by atoms with Gasteiger partial charge in [0.1, 0.15) is 30.2 Å². The third kappa shape index (κ3) is 5.54. The number of carbonyl (C=O) groups excluding carboxylic acids is 1. The monoisotopic (exact) mass is 614 g/mol. The SMILES string of the molecule is COc1ccc(/C=C/C2=[N+]3B(F)n4c(C)cc(C)c4C(CCC(=O)NC[C@H]4OC[C@H](O)[C@@H](O)[C@@H]4O)=C3C(C)=C2)c2ccccc12. The fourth-order valence-corrected chi connectivity index (χ4v) is 6.74. The van der Waals surface area contributed by atoms with Crippen molar-refractivity contribution in [2.24, 2.45) is 0 Å². The van der Waals surface area contributed by atoms with Gasteiger partial charge in [-0.15, -0.1) is 0 Å². The van der Waals surface area contributed by atoms with Gasteiger partial charge in [-0.05, 0) is 61.9 Å². The number of aryl methyl sites for hydroxylation is 2. The lowest BCUT2D eigenvalue weighted by Crippen LogP contribution is -2.56. The number of fused-ring (bicyclic) bond motifs is 3. The summed E-state index contributed by atoms with van der Waals surface area (Å²) in [5.41, 5.74) is 6.73. The molecule has 3 aromatic rings. The van der Waals surface area contributed by atoms with Crippen LogP contribution in [0, 0.1) is 13.8 Å². The van der Waals surface area contributed by atoms with Crippen molar-refractivity contribution in [1.82, 2.24) is 9.79 Å². The molecule has 1 aromatic heterocycles. The molecule has 234 valence electrons. The quantitative estimate of drug-likeness (QED) is 0.290. The first-order chi connectivity index (χ1) is 21.6. The molecule has 6 rings (SSSR count). The first-order valence-electron chi connectivity index (χ1n) is 15.2. The van der Waals surface area contributed by atoms with Gasteiger partial charge in [-0.2, -0.15) is 0 Å². The molecule has 11 heteroatoms. The second kappa shape index (κ2) is 12.4. The number of ether oxygens (including phenoxy) is 2. The molecule has 1 amide bonds. The van der Waals surface area contributed by atoms with Crippen molar-refractivity contribution < 1.29 is 38.4 Å². The van der Waals surface area contributed by atoms with E-state index in [0.29, 0.717) is 12.1 Å². The standard InChI is InChI=1S/C34H37BFN3O6/c1-19-15-21(3)38-31(19)26(12-14-30(41)37-17-29-34(43)33(42)27(40)18-45-29)32-20(2)16-23(39(32)35(38)36)11-9-22-10-13-28(44-4)25-8-6-5-7-24(22)25/h5-11,13,15-16,27,29,33-34,40,42-43H,12,14,17-18H2,1-4H3/p+1/b11-9+/t27-,29+,33+,34+/m0/s1. The molecule has 1 saturated heterocycles. The van der Waals surface area contributed by atoms with E-state index >= 15 is 4.32 Å². The maximum atomic E-state index is 16.5. The fraction of sp³-hybridized carbons (Fsp3) is 0.353. The lowest BCUT2D eigenvalue weighted by atomic mass is 9.88. The molecule has 0 aliphatic carbocycles. The zero-order valence-corrected chi connectivity index (χ0v) is 25.8. The molecule has 0 saturated carbocycles. The third-order valence-corrected chi connectivity index (χ3v) is 8.95. The molecule has 4 heterocycles. The minimum absolute atomic E-state index is 0.00935. The van der Waals surface area contributed by atoms with E-state index in [4.69, 9.17) is 9.47 Å². The van der Waals surface area contributed by atoms with E-state index in [1.165, 1.54) is 0 Å². The average Bonchev–Trinajstić information content (AvgIpc) is 3.53. The third-order valence-electron chi connectivity index (χ3n) is 8.95. The van der Waals surface area contributed by atoms with Crippen LogP contribution in [0.1, 0.15) is 42.3 Å². The normalized spacial score (nSPS) is 23.1. The molecule has 0 unspecified atom stereocenters. The Kier molecular flexibility index (Phi) is 8.54. The van der Waals surface area contributed by atoms with Crippen molar-refractivity contribution in [1.29, 1.82) is 0 Å². The number of rotatable bonds is 8. The minimum Gasteiger partial charge on any atom is -0.496 e. The van der Waals surface area contributed by atoms with Crippen LogP contribution >= 0.6 is 0 Å². The van der Waals surface area contributed by atoms with E-state index in [1.807, 2.05) is 81.5 Å². The summed E-state index contributed by atoms with van der Waals surface area (Å²) in [5.74, 6) is 0.520. The van der Waals surface area contributed by atoms with Crippen molar-refractivity contribution in [3.05, 3.63) is 88.4 Å². The number of aromatic nitrogens is 1. The van der Waals surface area contributed by atoms with E-state index in [2.05, 4.69) is 5.32 Å². The van der Waals surface area contributed by atoms with Gasteiger partial charge in [0.15, 0.2) is 11.4 Å². The zero-order valence-electron chi connectivity index (χ0n) is 25.8. The van der Waals surface area contributed by atoms with Crippen molar-refractivity contribution in [3.63, 3.8) is 0 Å². The predicted octanol–water partition coefficient (Wildman–Crippen LogP) is 3.30. The van der Waals surface area contributed by atoms with Gasteiger partial charge in [0.2, 0.25) is 5.91 Å². The van der Waals surface area contributed by atoms with E-state index < -0.39 is 31.7 Å². The maximum Gasteiger partial charge on any atom is 0.846 e. The average molecular weight is 615 g/mol. The van der Waals surface area contributed by atoms with E-state index in [1.54, 1.807) is 16.1 Å². The van der Waals surface area contributed by atoms with Gasteiger partial charge in [0.25, 0.3) is 0 Å². The molecule has 0 spiro atoms. The number of amides is 1. The summed E-state index contributed by atoms with van der Waals surface area (Å²) in [6.45, 7) is 5.66. The van der Waals surface area contributed by atoms with Crippen molar-refractivity contribution in [2.75, 3.05) is 20.3 Å². The Labute approximate surface area is 261 Å². The number of aliphatic hydroxyl groups excluding tert-OH is 3. The lowest BCUT2D eigenvalue weighted by Gasteiger charge is -2.35. The number of hydrogen-bond donors (Lipinski definition) is 4. The number of nitrogens with zero attached hydrogens (tertiary/aromatic N) is 2. The van der Waals surface area contributed by atoms with Crippen molar-refractivity contribution in [2.45, 2.75) is 58.0 Å².